The van der Waals surface area contributed by atoms with E-state index in [9.17, 15) is 14.4 Å². The summed E-state index contributed by atoms with van der Waals surface area (Å²) in [5.41, 5.74) is 2.42. The number of amides is 2. The van der Waals surface area contributed by atoms with Gasteiger partial charge in [0.1, 0.15) is 0 Å². The van der Waals surface area contributed by atoms with Crippen molar-refractivity contribution >= 4 is 63.0 Å². The molecule has 35 heavy (non-hydrogen) atoms. The van der Waals surface area contributed by atoms with Crippen LogP contribution in [0, 0.1) is 0 Å². The van der Waals surface area contributed by atoms with Gasteiger partial charge in [0.2, 0.25) is 11.8 Å². The van der Waals surface area contributed by atoms with Crippen molar-refractivity contribution in [2.45, 2.75) is 17.7 Å². The van der Waals surface area contributed by atoms with E-state index in [2.05, 4.69) is 15.6 Å². The Morgan fingerprint density at radius 3 is 2.51 bits per heavy atom. The lowest BCUT2D eigenvalue weighted by Gasteiger charge is -2.08. The van der Waals surface area contributed by atoms with Crippen molar-refractivity contribution < 1.29 is 19.1 Å². The van der Waals surface area contributed by atoms with Gasteiger partial charge < -0.3 is 15.4 Å². The molecule has 0 saturated carbocycles. The van der Waals surface area contributed by atoms with Crippen molar-refractivity contribution in [3.8, 4) is 0 Å². The van der Waals surface area contributed by atoms with Gasteiger partial charge in [-0.1, -0.05) is 48.2 Å². The van der Waals surface area contributed by atoms with E-state index >= 15 is 0 Å². The van der Waals surface area contributed by atoms with Crippen LogP contribution in [0.15, 0.2) is 76.4 Å². The molecule has 4 aromatic rings. The third kappa shape index (κ3) is 6.68. The molecule has 7 nitrogen and oxygen atoms in total. The summed E-state index contributed by atoms with van der Waals surface area (Å²) in [5, 5.41) is 9.63. The van der Waals surface area contributed by atoms with Crippen LogP contribution in [0.25, 0.3) is 10.8 Å². The van der Waals surface area contributed by atoms with Gasteiger partial charge in [-0.05, 0) is 42.6 Å². The highest BCUT2D eigenvalue weighted by Crippen LogP contribution is 2.25. The van der Waals surface area contributed by atoms with Gasteiger partial charge in [0.05, 0.1) is 30.0 Å². The second-order valence-electron chi connectivity index (χ2n) is 7.49. The van der Waals surface area contributed by atoms with Crippen molar-refractivity contribution in [3.05, 3.63) is 83.4 Å². The normalized spacial score (nSPS) is 10.7. The predicted molar refractivity (Wildman–Crippen MR) is 140 cm³/mol. The number of carbonyl (C=O) groups excluding carboxylic acids is 3. The Hall–Kier alpha value is -3.69. The van der Waals surface area contributed by atoms with Gasteiger partial charge in [0.15, 0.2) is 4.34 Å². The molecule has 0 aliphatic carbocycles. The fourth-order valence-electron chi connectivity index (χ4n) is 3.36. The SMILES string of the molecule is CCOC(=O)c1ccc(NC(=O)Cc2csc(SCC(=O)Nc3cccc4ccccc34)n2)cc1. The van der Waals surface area contributed by atoms with Gasteiger partial charge in [-0.2, -0.15) is 0 Å². The van der Waals surface area contributed by atoms with Crippen molar-refractivity contribution in [2.75, 3.05) is 23.0 Å². The molecule has 0 fully saturated rings. The van der Waals surface area contributed by atoms with Crippen LogP contribution in [0.3, 0.4) is 0 Å². The van der Waals surface area contributed by atoms with Crippen LogP contribution >= 0.6 is 23.1 Å². The maximum absolute atomic E-state index is 12.5. The summed E-state index contributed by atoms with van der Waals surface area (Å²) in [6.45, 7) is 2.05. The number of esters is 1. The number of hydrogen-bond acceptors (Lipinski definition) is 7. The predicted octanol–water partition coefficient (Wildman–Crippen LogP) is 5.39. The van der Waals surface area contributed by atoms with Crippen LogP contribution in [0.4, 0.5) is 11.4 Å². The number of benzene rings is 3. The first kappa shape index (κ1) is 24.4. The van der Waals surface area contributed by atoms with Crippen LogP contribution in [0.2, 0.25) is 0 Å². The summed E-state index contributed by atoms with van der Waals surface area (Å²) in [6.07, 6.45) is 0.110. The van der Waals surface area contributed by atoms with Crippen LogP contribution in [-0.4, -0.2) is 35.1 Å². The van der Waals surface area contributed by atoms with Gasteiger partial charge in [-0.25, -0.2) is 9.78 Å². The Labute approximate surface area is 210 Å². The molecular weight excluding hydrogens is 482 g/mol. The molecule has 0 spiro atoms. The fraction of sp³-hybridized carbons (Fsp3) is 0.154. The molecule has 1 heterocycles. The Morgan fingerprint density at radius 1 is 0.943 bits per heavy atom. The molecule has 4 rings (SSSR count). The van der Waals surface area contributed by atoms with Crippen molar-refractivity contribution in [2.24, 2.45) is 0 Å². The number of thioether (sulfide) groups is 1. The summed E-state index contributed by atoms with van der Waals surface area (Å²) >= 11 is 2.73. The second kappa shape index (κ2) is 11.6. The number of nitrogens with zero attached hydrogens (tertiary/aromatic N) is 1. The molecule has 0 aliphatic rings. The number of nitrogens with one attached hydrogen (secondary N) is 2. The van der Waals surface area contributed by atoms with Crippen molar-refractivity contribution in [1.82, 2.24) is 4.98 Å². The van der Waals surface area contributed by atoms with E-state index in [1.165, 1.54) is 23.1 Å². The highest BCUT2D eigenvalue weighted by atomic mass is 32.2. The average molecular weight is 506 g/mol. The van der Waals surface area contributed by atoms with E-state index < -0.39 is 5.97 Å². The average Bonchev–Trinajstić information content (AvgIpc) is 3.30. The fourth-order valence-corrected chi connectivity index (χ4v) is 5.00. The maximum Gasteiger partial charge on any atom is 0.338 e. The summed E-state index contributed by atoms with van der Waals surface area (Å²) in [4.78, 5) is 41.0. The molecule has 178 valence electrons. The van der Waals surface area contributed by atoms with E-state index in [0.29, 0.717) is 23.6 Å². The summed E-state index contributed by atoms with van der Waals surface area (Å²) in [6, 6.07) is 20.2. The zero-order valence-corrected chi connectivity index (χ0v) is 20.6. The maximum atomic E-state index is 12.5. The summed E-state index contributed by atoms with van der Waals surface area (Å²) in [7, 11) is 0. The number of carbonyl (C=O) groups is 3. The van der Waals surface area contributed by atoms with Gasteiger partial charge in [0.25, 0.3) is 0 Å². The molecule has 0 saturated heterocycles. The molecule has 1 aromatic heterocycles. The standard InChI is InChI=1S/C26H23N3O4S2/c1-2-33-25(32)18-10-12-19(13-11-18)27-23(30)14-20-15-34-26(28-20)35-16-24(31)29-22-9-5-7-17-6-3-4-8-21(17)22/h3-13,15H,2,14,16H2,1H3,(H,27,30)(H,29,31). The first-order valence-corrected chi connectivity index (χ1v) is 12.8. The lowest BCUT2D eigenvalue weighted by Crippen LogP contribution is -2.15. The summed E-state index contributed by atoms with van der Waals surface area (Å²) < 4.78 is 5.67. The highest BCUT2D eigenvalue weighted by molar-refractivity contribution is 8.01. The Kier molecular flexibility index (Phi) is 8.12. The molecule has 2 N–H and O–H groups in total. The smallest absolute Gasteiger partial charge is 0.338 e. The van der Waals surface area contributed by atoms with E-state index in [0.717, 1.165) is 20.8 Å². The molecule has 3 aromatic carbocycles. The number of fused-ring (bicyclic) bond motifs is 1. The number of rotatable bonds is 9. The van der Waals surface area contributed by atoms with Crippen LogP contribution < -0.4 is 10.6 Å². The lowest BCUT2D eigenvalue weighted by molar-refractivity contribution is -0.116. The lowest BCUT2D eigenvalue weighted by atomic mass is 10.1. The molecule has 0 unspecified atom stereocenters. The first-order valence-electron chi connectivity index (χ1n) is 10.9. The Balaban J connectivity index is 1.26. The van der Waals surface area contributed by atoms with E-state index in [4.69, 9.17) is 4.74 Å². The Morgan fingerprint density at radius 2 is 1.71 bits per heavy atom. The molecule has 0 aliphatic heterocycles. The second-order valence-corrected chi connectivity index (χ2v) is 9.57. The van der Waals surface area contributed by atoms with Gasteiger partial charge in [0, 0.05) is 22.1 Å². The van der Waals surface area contributed by atoms with Gasteiger partial charge >= 0.3 is 5.97 Å². The minimum absolute atomic E-state index is 0.110. The third-order valence-corrected chi connectivity index (χ3v) is 7.01. The summed E-state index contributed by atoms with van der Waals surface area (Å²) in [5.74, 6) is -0.518. The van der Waals surface area contributed by atoms with Crippen LogP contribution in [0.1, 0.15) is 23.0 Å². The molecule has 0 bridgehead atoms. The third-order valence-electron chi connectivity index (χ3n) is 4.94. The largest absolute Gasteiger partial charge is 0.462 e. The number of ether oxygens (including phenoxy) is 1. The minimum Gasteiger partial charge on any atom is -0.462 e. The minimum atomic E-state index is -0.399. The van der Waals surface area contributed by atoms with Crippen LogP contribution in [0.5, 0.6) is 0 Å². The van der Waals surface area contributed by atoms with Gasteiger partial charge in [-0.15, -0.1) is 11.3 Å². The monoisotopic (exact) mass is 505 g/mol. The highest BCUT2D eigenvalue weighted by Gasteiger charge is 2.12. The van der Waals surface area contributed by atoms with E-state index in [1.54, 1.807) is 31.2 Å². The van der Waals surface area contributed by atoms with Gasteiger partial charge in [-0.3, -0.25) is 9.59 Å². The van der Waals surface area contributed by atoms with E-state index in [-0.39, 0.29) is 24.0 Å². The van der Waals surface area contributed by atoms with E-state index in [1.807, 2.05) is 47.8 Å². The molecule has 0 radical (unpaired) electrons. The quantitative estimate of drug-likeness (QED) is 0.234. The Bertz CT molecular complexity index is 1350. The zero-order valence-electron chi connectivity index (χ0n) is 18.9. The van der Waals surface area contributed by atoms with Crippen LogP contribution in [-0.2, 0) is 20.7 Å². The molecular formula is C26H23N3O4S2. The topological polar surface area (TPSA) is 97.4 Å². The molecule has 9 heteroatoms. The zero-order chi connectivity index (χ0) is 24.6. The number of hydrogen-bond donors (Lipinski definition) is 2. The first-order chi connectivity index (χ1) is 17.0. The van der Waals surface area contributed by atoms with Crippen molar-refractivity contribution in [3.63, 3.8) is 0 Å². The number of thiazole rings is 1. The number of aromatic nitrogens is 1. The number of anilines is 2. The molecule has 0 atom stereocenters. The van der Waals surface area contributed by atoms with Crippen molar-refractivity contribution in [1.29, 1.82) is 0 Å². The molecule has 2 amide bonds.